The zero-order chi connectivity index (χ0) is 29.8. The van der Waals surface area contributed by atoms with E-state index in [1.165, 1.54) is 11.3 Å². The summed E-state index contributed by atoms with van der Waals surface area (Å²) in [6, 6.07) is 20.1. The van der Waals surface area contributed by atoms with Crippen molar-refractivity contribution in [2.24, 2.45) is 0 Å². The van der Waals surface area contributed by atoms with Gasteiger partial charge in [-0.2, -0.15) is 0 Å². The van der Waals surface area contributed by atoms with Crippen LogP contribution in [0.15, 0.2) is 94.4 Å². The summed E-state index contributed by atoms with van der Waals surface area (Å²) >= 11 is -0.845. The quantitative estimate of drug-likeness (QED) is 0.170. The van der Waals surface area contributed by atoms with Crippen LogP contribution >= 0.6 is 11.3 Å². The number of hydrogen-bond donors (Lipinski definition) is 1. The van der Waals surface area contributed by atoms with Gasteiger partial charge in [0.2, 0.25) is 16.2 Å². The summed E-state index contributed by atoms with van der Waals surface area (Å²) in [6.07, 6.45) is -0.912. The van der Waals surface area contributed by atoms with Crippen molar-refractivity contribution in [1.29, 1.82) is 0 Å². The highest BCUT2D eigenvalue weighted by Crippen LogP contribution is 2.42. The summed E-state index contributed by atoms with van der Waals surface area (Å²) in [5.74, 6) is -1.35. The molecule has 1 saturated heterocycles. The minimum absolute atomic E-state index is 0.00451. The topological polar surface area (TPSA) is 142 Å². The summed E-state index contributed by atoms with van der Waals surface area (Å²) in [5.41, 5.74) is 0.617. The molecule has 1 aromatic heterocycles. The van der Waals surface area contributed by atoms with Gasteiger partial charge >= 0.3 is 11.9 Å². The Morgan fingerprint density at radius 3 is 2.24 bits per heavy atom. The van der Waals surface area contributed by atoms with Crippen LogP contribution in [-0.4, -0.2) is 57.2 Å². The molecular weight excluding hydrogens is 580 g/mol. The van der Waals surface area contributed by atoms with Crippen molar-refractivity contribution < 1.29 is 38.0 Å². The molecule has 0 saturated carbocycles. The monoisotopic (exact) mass is 604 g/mol. The van der Waals surface area contributed by atoms with Gasteiger partial charge in [-0.15, -0.1) is 11.3 Å². The lowest BCUT2D eigenvalue weighted by Gasteiger charge is -2.48. The number of benzene rings is 2. The average molecular weight is 605 g/mol. The maximum Gasteiger partial charge on any atom is 0.356 e. The highest BCUT2D eigenvalue weighted by atomic mass is 32.2. The molecule has 2 aromatic carbocycles. The first-order valence-electron chi connectivity index (χ1n) is 12.8. The minimum Gasteiger partial charge on any atom is -0.609 e. The normalized spacial score (nSPS) is 19.5. The van der Waals surface area contributed by atoms with Crippen LogP contribution in [0.4, 0.5) is 0 Å². The van der Waals surface area contributed by atoms with Crippen molar-refractivity contribution in [2.45, 2.75) is 30.9 Å². The van der Waals surface area contributed by atoms with Gasteiger partial charge in [-0.1, -0.05) is 66.7 Å². The van der Waals surface area contributed by atoms with Gasteiger partial charge in [0.1, 0.15) is 12.3 Å². The smallest absolute Gasteiger partial charge is 0.356 e. The molecule has 3 aromatic rings. The summed E-state index contributed by atoms with van der Waals surface area (Å²) in [5, 5.41) is 3.12. The van der Waals surface area contributed by atoms with Gasteiger partial charge in [0, 0.05) is 23.0 Å². The van der Waals surface area contributed by atoms with Gasteiger partial charge < -0.3 is 19.3 Å². The summed E-state index contributed by atoms with van der Waals surface area (Å²) in [7, 11) is 0. The Labute approximate surface area is 247 Å². The van der Waals surface area contributed by atoms with E-state index >= 15 is 0 Å². The van der Waals surface area contributed by atoms with E-state index in [1.54, 1.807) is 78.7 Å². The number of carbonyl (C=O) groups excluding carboxylic acids is 5. The van der Waals surface area contributed by atoms with Gasteiger partial charge in [0.25, 0.3) is 5.91 Å². The van der Waals surface area contributed by atoms with Gasteiger partial charge in [0.15, 0.2) is 18.1 Å². The molecular formula is C30H24N2O8S2. The third-order valence-electron chi connectivity index (χ3n) is 6.63. The van der Waals surface area contributed by atoms with Gasteiger partial charge in [0.05, 0.1) is 12.0 Å². The fraction of sp³-hybridized carbons (Fsp3) is 0.200. The highest BCUT2D eigenvalue weighted by molar-refractivity contribution is 7.96. The van der Waals surface area contributed by atoms with Gasteiger partial charge in [-0.25, -0.2) is 9.59 Å². The lowest BCUT2D eigenvalue weighted by atomic mass is 10.00. The maximum absolute atomic E-state index is 13.9. The van der Waals surface area contributed by atoms with Crippen LogP contribution in [0, 0.1) is 0 Å². The highest BCUT2D eigenvalue weighted by Gasteiger charge is 2.63. The van der Waals surface area contributed by atoms with Crippen LogP contribution in [0.5, 0.6) is 0 Å². The molecule has 1 fully saturated rings. The fourth-order valence-electron chi connectivity index (χ4n) is 4.72. The molecule has 0 aliphatic carbocycles. The SMILES string of the molecule is CC(=O)OCC1=C(C(=O)OC(c2ccccc2)c2ccccc2)N2C(=O)C(NC(=O)Cc3cccs3)[C@H]2[S+]([O-])C1=C=O. The molecule has 2 aliphatic heterocycles. The molecule has 10 nitrogen and oxygen atoms in total. The second-order valence-corrected chi connectivity index (χ2v) is 11.9. The number of β-lactam (4-membered cyclic amide) rings is 1. The van der Waals surface area contributed by atoms with Crippen LogP contribution in [-0.2, 0) is 51.0 Å². The molecule has 2 aliphatic rings. The number of rotatable bonds is 9. The number of amides is 2. The Morgan fingerprint density at radius 2 is 1.69 bits per heavy atom. The van der Waals surface area contributed by atoms with E-state index in [1.807, 2.05) is 5.38 Å². The largest absolute Gasteiger partial charge is 0.609 e. The summed E-state index contributed by atoms with van der Waals surface area (Å²) in [6.45, 7) is 0.504. The van der Waals surface area contributed by atoms with Crippen LogP contribution in [0.2, 0.25) is 0 Å². The molecule has 42 heavy (non-hydrogen) atoms. The van der Waals surface area contributed by atoms with Crippen LogP contribution in [0.1, 0.15) is 29.0 Å². The molecule has 2 amide bonds. The van der Waals surface area contributed by atoms with Crippen LogP contribution in [0.25, 0.3) is 0 Å². The zero-order valence-corrected chi connectivity index (χ0v) is 23.8. The molecule has 214 valence electrons. The maximum atomic E-state index is 13.9. The molecule has 2 unspecified atom stereocenters. The van der Waals surface area contributed by atoms with Crippen molar-refractivity contribution in [3.05, 3.63) is 110 Å². The van der Waals surface area contributed by atoms with E-state index in [-0.39, 0.29) is 12.0 Å². The van der Waals surface area contributed by atoms with E-state index in [0.717, 1.165) is 16.7 Å². The lowest BCUT2D eigenvalue weighted by Crippen LogP contribution is -2.74. The van der Waals surface area contributed by atoms with Gasteiger partial charge in [-0.05, 0) is 22.6 Å². The van der Waals surface area contributed by atoms with E-state index in [0.29, 0.717) is 11.1 Å². The predicted molar refractivity (Wildman–Crippen MR) is 152 cm³/mol. The Hall–Kier alpha value is -4.48. The summed E-state index contributed by atoms with van der Waals surface area (Å²) in [4.78, 5) is 65.0. The molecule has 5 rings (SSSR count). The zero-order valence-electron chi connectivity index (χ0n) is 22.2. The van der Waals surface area contributed by atoms with Gasteiger partial charge in [-0.3, -0.25) is 19.3 Å². The third-order valence-corrected chi connectivity index (χ3v) is 9.16. The van der Waals surface area contributed by atoms with Crippen molar-refractivity contribution in [2.75, 3.05) is 6.61 Å². The first kappa shape index (κ1) is 29.0. The standard InChI is InChI=1S/C30H24N2O8S2/c1-18(34)39-17-22-23(16-33)42(38)29-25(31-24(35)15-21-13-8-14-41-21)28(36)32(29)26(22)30(37)40-27(19-9-4-2-5-10-19)20-11-6-3-7-12-20/h2-14,25,27,29H,15,17H2,1H3,(H,31,35)/t25?,29-,42?/m1/s1. The molecule has 0 spiro atoms. The average Bonchev–Trinajstić information content (AvgIpc) is 3.50. The van der Waals surface area contributed by atoms with E-state index in [9.17, 15) is 28.5 Å². The summed E-state index contributed by atoms with van der Waals surface area (Å²) < 4.78 is 24.5. The molecule has 12 heteroatoms. The van der Waals surface area contributed by atoms with Crippen molar-refractivity contribution in [1.82, 2.24) is 10.2 Å². The van der Waals surface area contributed by atoms with E-state index in [4.69, 9.17) is 9.47 Å². The Morgan fingerprint density at radius 1 is 1.05 bits per heavy atom. The van der Waals surface area contributed by atoms with E-state index in [2.05, 4.69) is 5.32 Å². The Kier molecular flexibility index (Phi) is 8.69. The molecule has 3 heterocycles. The van der Waals surface area contributed by atoms with E-state index < -0.39 is 69.7 Å². The number of hydrogen-bond acceptors (Lipinski definition) is 9. The second-order valence-electron chi connectivity index (χ2n) is 9.34. The third kappa shape index (κ3) is 5.79. The minimum atomic E-state index is -2.21. The molecule has 0 bridgehead atoms. The lowest BCUT2D eigenvalue weighted by molar-refractivity contribution is -0.155. The number of thiophene rings is 1. The molecule has 3 atom stereocenters. The first-order valence-corrected chi connectivity index (χ1v) is 14.9. The Bertz CT molecular complexity index is 1540. The molecule has 1 N–H and O–H groups in total. The number of carbonyl (C=O) groups is 4. The number of nitrogens with zero attached hydrogens (tertiary/aromatic N) is 1. The van der Waals surface area contributed by atoms with Crippen molar-refractivity contribution in [3.8, 4) is 0 Å². The molecule has 0 radical (unpaired) electrons. The number of fused-ring (bicyclic) bond motifs is 1. The van der Waals surface area contributed by atoms with Crippen LogP contribution < -0.4 is 5.32 Å². The number of esters is 2. The van der Waals surface area contributed by atoms with Crippen molar-refractivity contribution >= 4 is 52.2 Å². The van der Waals surface area contributed by atoms with Crippen molar-refractivity contribution in [3.63, 3.8) is 0 Å². The number of nitrogens with one attached hydrogen (secondary N) is 1. The van der Waals surface area contributed by atoms with Crippen LogP contribution in [0.3, 0.4) is 0 Å². The number of ether oxygens (including phenoxy) is 2. The first-order chi connectivity index (χ1) is 20.3. The predicted octanol–water partition coefficient (Wildman–Crippen LogP) is 2.57. The Balaban J connectivity index is 1.51. The second kappa shape index (κ2) is 12.6. The fourth-order valence-corrected chi connectivity index (χ4v) is 6.98.